The zero-order valence-electron chi connectivity index (χ0n) is 17.2. The van der Waals surface area contributed by atoms with Gasteiger partial charge in [-0.3, -0.25) is 14.6 Å². The van der Waals surface area contributed by atoms with Crippen molar-refractivity contribution in [3.05, 3.63) is 48.0 Å². The van der Waals surface area contributed by atoms with Crippen molar-refractivity contribution in [1.82, 2.24) is 9.88 Å². The molecule has 4 rings (SSSR count). The van der Waals surface area contributed by atoms with Crippen LogP contribution in [0, 0.1) is 0 Å². The first-order chi connectivity index (χ1) is 14.7. The molecule has 1 aliphatic rings. The number of amides is 1. The van der Waals surface area contributed by atoms with Crippen molar-refractivity contribution in [2.75, 3.05) is 58.5 Å². The highest BCUT2D eigenvalue weighted by Gasteiger charge is 2.23. The first kappa shape index (κ1) is 20.6. The number of morpholine rings is 1. The van der Waals surface area contributed by atoms with Crippen molar-refractivity contribution in [3.8, 4) is 11.5 Å². The molecule has 1 aliphatic heterocycles. The molecule has 8 heteroatoms. The lowest BCUT2D eigenvalue weighted by Crippen LogP contribution is -2.43. The minimum atomic E-state index is -0.0723. The van der Waals surface area contributed by atoms with E-state index in [0.717, 1.165) is 54.6 Å². The summed E-state index contributed by atoms with van der Waals surface area (Å²) in [4.78, 5) is 22.2. The van der Waals surface area contributed by atoms with Crippen molar-refractivity contribution < 1.29 is 19.0 Å². The number of ether oxygens (including phenoxy) is 3. The first-order valence-corrected chi connectivity index (χ1v) is 10.7. The molecule has 3 aromatic rings. The molecule has 1 aromatic heterocycles. The van der Waals surface area contributed by atoms with E-state index in [9.17, 15) is 4.79 Å². The van der Waals surface area contributed by atoms with Crippen LogP contribution in [0.25, 0.3) is 10.2 Å². The van der Waals surface area contributed by atoms with Gasteiger partial charge < -0.3 is 14.2 Å². The number of methoxy groups -OCH3 is 2. The van der Waals surface area contributed by atoms with Crippen LogP contribution in [0.2, 0.25) is 0 Å². The summed E-state index contributed by atoms with van der Waals surface area (Å²) in [5, 5.41) is 0.687. The Morgan fingerprint density at radius 3 is 2.50 bits per heavy atom. The second kappa shape index (κ2) is 9.42. The lowest BCUT2D eigenvalue weighted by molar-refractivity contribution is 0.0391. The molecule has 2 aromatic carbocycles. The number of aromatic nitrogens is 1. The Morgan fingerprint density at radius 1 is 1.10 bits per heavy atom. The van der Waals surface area contributed by atoms with Crippen LogP contribution in [0.15, 0.2) is 42.5 Å². The summed E-state index contributed by atoms with van der Waals surface area (Å²) < 4.78 is 17.0. The summed E-state index contributed by atoms with van der Waals surface area (Å²) in [6.07, 6.45) is 0. The second-order valence-electron chi connectivity index (χ2n) is 6.97. The standard InChI is InChI=1S/C22H25N3O4S/c1-27-17-5-3-16(4-6-17)21(26)25(10-9-24-11-13-29-14-12-24)22-23-19-8-7-18(28-2)15-20(19)30-22/h3-8,15H,9-14H2,1-2H3. The van der Waals surface area contributed by atoms with E-state index in [0.29, 0.717) is 17.2 Å². The molecular formula is C22H25N3O4S. The molecule has 0 spiro atoms. The molecule has 0 unspecified atom stereocenters. The van der Waals surface area contributed by atoms with Gasteiger partial charge in [-0.15, -0.1) is 0 Å². The van der Waals surface area contributed by atoms with Crippen molar-refractivity contribution in [1.29, 1.82) is 0 Å². The van der Waals surface area contributed by atoms with Crippen molar-refractivity contribution in [2.45, 2.75) is 0 Å². The maximum atomic E-state index is 13.4. The molecule has 0 bridgehead atoms. The number of hydrogen-bond donors (Lipinski definition) is 0. The molecular weight excluding hydrogens is 402 g/mol. The van der Waals surface area contributed by atoms with E-state index >= 15 is 0 Å². The smallest absolute Gasteiger partial charge is 0.260 e. The van der Waals surface area contributed by atoms with Crippen LogP contribution in [0.5, 0.6) is 11.5 Å². The lowest BCUT2D eigenvalue weighted by atomic mass is 10.2. The summed E-state index contributed by atoms with van der Waals surface area (Å²) in [6.45, 7) is 4.54. The molecule has 2 heterocycles. The van der Waals surface area contributed by atoms with Crippen LogP contribution in [0.4, 0.5) is 5.13 Å². The molecule has 0 aliphatic carbocycles. The normalized spacial score (nSPS) is 14.6. The third-order valence-electron chi connectivity index (χ3n) is 5.14. The van der Waals surface area contributed by atoms with Gasteiger partial charge in [-0.1, -0.05) is 11.3 Å². The van der Waals surface area contributed by atoms with Crippen molar-refractivity contribution in [3.63, 3.8) is 0 Å². The Kier molecular flexibility index (Phi) is 6.47. The Labute approximate surface area is 179 Å². The van der Waals surface area contributed by atoms with Gasteiger partial charge >= 0.3 is 0 Å². The van der Waals surface area contributed by atoms with E-state index in [-0.39, 0.29) is 5.91 Å². The van der Waals surface area contributed by atoms with E-state index in [1.165, 1.54) is 11.3 Å². The number of thiazole rings is 1. The van der Waals surface area contributed by atoms with Crippen LogP contribution in [-0.2, 0) is 4.74 Å². The number of hydrogen-bond acceptors (Lipinski definition) is 7. The van der Waals surface area contributed by atoms with Crippen molar-refractivity contribution >= 4 is 32.6 Å². The van der Waals surface area contributed by atoms with Gasteiger partial charge in [0, 0.05) is 31.7 Å². The largest absolute Gasteiger partial charge is 0.497 e. The van der Waals surface area contributed by atoms with Crippen LogP contribution >= 0.6 is 11.3 Å². The van der Waals surface area contributed by atoms with Gasteiger partial charge in [-0.25, -0.2) is 4.98 Å². The Hall–Kier alpha value is -2.68. The fourth-order valence-corrected chi connectivity index (χ4v) is 4.39. The number of carbonyl (C=O) groups is 1. The van der Waals surface area contributed by atoms with Crippen molar-refractivity contribution in [2.24, 2.45) is 0 Å². The van der Waals surface area contributed by atoms with E-state index in [1.54, 1.807) is 43.4 Å². The third-order valence-corrected chi connectivity index (χ3v) is 6.18. The number of carbonyl (C=O) groups excluding carboxylic acids is 1. The second-order valence-corrected chi connectivity index (χ2v) is 7.98. The Morgan fingerprint density at radius 2 is 1.80 bits per heavy atom. The number of anilines is 1. The molecule has 30 heavy (non-hydrogen) atoms. The minimum absolute atomic E-state index is 0.0723. The molecule has 0 radical (unpaired) electrons. The maximum Gasteiger partial charge on any atom is 0.260 e. The third kappa shape index (κ3) is 4.56. The monoisotopic (exact) mass is 427 g/mol. The van der Waals surface area contributed by atoms with Crippen LogP contribution < -0.4 is 14.4 Å². The van der Waals surface area contributed by atoms with E-state index in [4.69, 9.17) is 19.2 Å². The predicted molar refractivity (Wildman–Crippen MR) is 118 cm³/mol. The van der Waals surface area contributed by atoms with Crippen LogP contribution in [0.3, 0.4) is 0 Å². The lowest BCUT2D eigenvalue weighted by Gasteiger charge is -2.29. The SMILES string of the molecule is COc1ccc(C(=O)N(CCN2CCOCC2)c2nc3ccc(OC)cc3s2)cc1. The number of fused-ring (bicyclic) bond motifs is 1. The van der Waals surface area contributed by atoms with Crippen LogP contribution in [0.1, 0.15) is 10.4 Å². The molecule has 1 amide bonds. The first-order valence-electron chi connectivity index (χ1n) is 9.88. The predicted octanol–water partition coefficient (Wildman–Crippen LogP) is 3.29. The van der Waals surface area contributed by atoms with Gasteiger partial charge in [-0.2, -0.15) is 0 Å². The number of benzene rings is 2. The molecule has 1 fully saturated rings. The Balaban J connectivity index is 1.62. The summed E-state index contributed by atoms with van der Waals surface area (Å²) in [7, 11) is 3.26. The molecule has 158 valence electrons. The highest BCUT2D eigenvalue weighted by Crippen LogP contribution is 2.32. The topological polar surface area (TPSA) is 64.1 Å². The summed E-state index contributed by atoms with van der Waals surface area (Å²) in [5.74, 6) is 1.43. The molecule has 1 saturated heterocycles. The summed E-state index contributed by atoms with van der Waals surface area (Å²) in [6, 6.07) is 12.9. The molecule has 0 N–H and O–H groups in total. The number of nitrogens with zero attached hydrogens (tertiary/aromatic N) is 3. The fourth-order valence-electron chi connectivity index (χ4n) is 3.37. The molecule has 0 saturated carbocycles. The average molecular weight is 428 g/mol. The zero-order chi connectivity index (χ0) is 20.9. The van der Waals surface area contributed by atoms with Crippen LogP contribution in [-0.4, -0.2) is 69.4 Å². The maximum absolute atomic E-state index is 13.4. The quantitative estimate of drug-likeness (QED) is 0.577. The average Bonchev–Trinajstić information content (AvgIpc) is 3.22. The van der Waals surface area contributed by atoms with E-state index in [1.807, 2.05) is 18.2 Å². The van der Waals surface area contributed by atoms with E-state index in [2.05, 4.69) is 4.90 Å². The van der Waals surface area contributed by atoms with Gasteiger partial charge in [0.2, 0.25) is 0 Å². The van der Waals surface area contributed by atoms with Gasteiger partial charge in [0.05, 0.1) is 37.6 Å². The highest BCUT2D eigenvalue weighted by molar-refractivity contribution is 7.22. The van der Waals surface area contributed by atoms with Gasteiger partial charge in [-0.05, 0) is 42.5 Å². The molecule has 0 atom stereocenters. The molecule has 7 nitrogen and oxygen atoms in total. The van der Waals surface area contributed by atoms with E-state index < -0.39 is 0 Å². The zero-order valence-corrected chi connectivity index (χ0v) is 18.0. The number of rotatable bonds is 7. The van der Waals surface area contributed by atoms with Gasteiger partial charge in [0.15, 0.2) is 5.13 Å². The highest BCUT2D eigenvalue weighted by atomic mass is 32.1. The van der Waals surface area contributed by atoms with Gasteiger partial charge in [0.1, 0.15) is 11.5 Å². The fraction of sp³-hybridized carbons (Fsp3) is 0.364. The minimum Gasteiger partial charge on any atom is -0.497 e. The summed E-state index contributed by atoms with van der Waals surface area (Å²) >= 11 is 1.50. The van der Waals surface area contributed by atoms with Gasteiger partial charge in [0.25, 0.3) is 5.91 Å². The summed E-state index contributed by atoms with van der Waals surface area (Å²) in [5.41, 5.74) is 1.46. The Bertz CT molecular complexity index is 999.